The zero-order chi connectivity index (χ0) is 20.1. The van der Waals surface area contributed by atoms with Crippen LogP contribution >= 0.6 is 12.6 Å². The zero-order valence-electron chi connectivity index (χ0n) is 17.1. The lowest BCUT2D eigenvalue weighted by molar-refractivity contribution is 0.712. The Labute approximate surface area is 178 Å². The van der Waals surface area contributed by atoms with Crippen LogP contribution in [0.2, 0.25) is 0 Å². The molecule has 2 aliphatic rings. The Morgan fingerprint density at radius 2 is 1.62 bits per heavy atom. The molecule has 2 unspecified atom stereocenters. The zero-order valence-corrected chi connectivity index (χ0v) is 17.9. The summed E-state index contributed by atoms with van der Waals surface area (Å²) in [5.41, 5.74) is 10.6. The molecule has 3 aromatic carbocycles. The van der Waals surface area contributed by atoms with Crippen molar-refractivity contribution in [3.8, 4) is 0 Å². The monoisotopic (exact) mass is 395 g/mol. The van der Waals surface area contributed by atoms with Crippen molar-refractivity contribution in [1.29, 1.82) is 0 Å². The summed E-state index contributed by atoms with van der Waals surface area (Å²) >= 11 is 4.64. The van der Waals surface area contributed by atoms with Gasteiger partial charge in [0.05, 0.1) is 6.04 Å². The van der Waals surface area contributed by atoms with Gasteiger partial charge in [0, 0.05) is 22.2 Å². The van der Waals surface area contributed by atoms with E-state index >= 15 is 0 Å². The molecular formula is C27H25NS. The second kappa shape index (κ2) is 6.96. The van der Waals surface area contributed by atoms with Gasteiger partial charge >= 0.3 is 0 Å². The summed E-state index contributed by atoms with van der Waals surface area (Å²) in [5.74, 6) is 0.356. The first-order chi connectivity index (χ1) is 14.0. The van der Waals surface area contributed by atoms with Gasteiger partial charge in [-0.05, 0) is 72.9 Å². The van der Waals surface area contributed by atoms with E-state index in [1.165, 1.54) is 44.8 Å². The first-order valence-electron chi connectivity index (χ1n) is 10.2. The number of nitrogens with zero attached hydrogens (tertiary/aromatic N) is 1. The summed E-state index contributed by atoms with van der Waals surface area (Å²) in [6.45, 7) is 6.65. The van der Waals surface area contributed by atoms with Crippen LogP contribution in [0, 0.1) is 13.8 Å². The lowest BCUT2D eigenvalue weighted by Crippen LogP contribution is -2.30. The van der Waals surface area contributed by atoms with E-state index in [9.17, 15) is 0 Å². The number of fused-ring (bicyclic) bond motifs is 3. The lowest BCUT2D eigenvalue weighted by atomic mass is 9.79. The van der Waals surface area contributed by atoms with Crippen molar-refractivity contribution in [1.82, 2.24) is 0 Å². The van der Waals surface area contributed by atoms with Gasteiger partial charge in [-0.15, -0.1) is 12.6 Å². The largest absolute Gasteiger partial charge is 0.333 e. The number of hydrogen-bond acceptors (Lipinski definition) is 2. The van der Waals surface area contributed by atoms with Crippen LogP contribution in [0.3, 0.4) is 0 Å². The highest BCUT2D eigenvalue weighted by Crippen LogP contribution is 2.52. The molecule has 0 saturated carbocycles. The molecule has 0 N–H and O–H groups in total. The molecule has 2 atom stereocenters. The van der Waals surface area contributed by atoms with Gasteiger partial charge in [0.2, 0.25) is 0 Å². The molecule has 0 saturated heterocycles. The number of allylic oxidation sites excluding steroid dienone is 2. The van der Waals surface area contributed by atoms with E-state index in [1.807, 2.05) is 0 Å². The minimum atomic E-state index is 0.287. The number of rotatable bonds is 2. The van der Waals surface area contributed by atoms with Crippen molar-refractivity contribution in [2.75, 3.05) is 4.90 Å². The third kappa shape index (κ3) is 2.94. The highest BCUT2D eigenvalue weighted by atomic mass is 32.1. The first-order valence-corrected chi connectivity index (χ1v) is 10.6. The topological polar surface area (TPSA) is 3.24 Å². The second-order valence-corrected chi connectivity index (χ2v) is 8.71. The Balaban J connectivity index is 1.68. The number of anilines is 2. The van der Waals surface area contributed by atoms with Crippen LogP contribution in [0.15, 0.2) is 89.4 Å². The minimum Gasteiger partial charge on any atom is -0.333 e. The van der Waals surface area contributed by atoms with Gasteiger partial charge in [0.25, 0.3) is 0 Å². The average Bonchev–Trinajstić information content (AvgIpc) is 3.03. The predicted molar refractivity (Wildman–Crippen MR) is 126 cm³/mol. The van der Waals surface area contributed by atoms with E-state index in [0.29, 0.717) is 5.92 Å². The SMILES string of the molecule is CC1=C(c2ccccc2C)C=CC2C1c1ccccc1N2c1cc(C)cc(S)c1. The molecule has 1 heterocycles. The average molecular weight is 396 g/mol. The van der Waals surface area contributed by atoms with Crippen LogP contribution in [0.5, 0.6) is 0 Å². The summed E-state index contributed by atoms with van der Waals surface area (Å²) < 4.78 is 0. The van der Waals surface area contributed by atoms with Crippen LogP contribution < -0.4 is 4.90 Å². The fourth-order valence-corrected chi connectivity index (χ4v) is 5.35. The Bertz CT molecular complexity index is 1150. The molecule has 0 spiro atoms. The molecular weight excluding hydrogens is 370 g/mol. The Hall–Kier alpha value is -2.71. The van der Waals surface area contributed by atoms with Gasteiger partial charge in [0.1, 0.15) is 0 Å². The van der Waals surface area contributed by atoms with Gasteiger partial charge in [-0.3, -0.25) is 0 Å². The van der Waals surface area contributed by atoms with Gasteiger partial charge < -0.3 is 4.90 Å². The molecule has 144 valence electrons. The highest BCUT2D eigenvalue weighted by molar-refractivity contribution is 7.80. The van der Waals surface area contributed by atoms with Crippen molar-refractivity contribution < 1.29 is 0 Å². The summed E-state index contributed by atoms with van der Waals surface area (Å²) in [5, 5.41) is 0. The number of benzene rings is 3. The normalized spacial score (nSPS) is 20.1. The van der Waals surface area contributed by atoms with E-state index in [1.54, 1.807) is 0 Å². The third-order valence-electron chi connectivity index (χ3n) is 6.28. The van der Waals surface area contributed by atoms with Crippen LogP contribution in [0.4, 0.5) is 11.4 Å². The molecule has 1 nitrogen and oxygen atoms in total. The summed E-state index contributed by atoms with van der Waals surface area (Å²) in [7, 11) is 0. The van der Waals surface area contributed by atoms with Crippen LogP contribution in [-0.2, 0) is 0 Å². The lowest BCUT2D eigenvalue weighted by Gasteiger charge is -2.32. The molecule has 3 aromatic rings. The Morgan fingerprint density at radius 1 is 0.862 bits per heavy atom. The summed E-state index contributed by atoms with van der Waals surface area (Å²) in [4.78, 5) is 3.50. The van der Waals surface area contributed by atoms with Gasteiger partial charge in [-0.2, -0.15) is 0 Å². The Kier molecular flexibility index (Phi) is 4.40. The highest BCUT2D eigenvalue weighted by Gasteiger charge is 2.41. The van der Waals surface area contributed by atoms with Crippen molar-refractivity contribution in [2.24, 2.45) is 0 Å². The number of para-hydroxylation sites is 1. The third-order valence-corrected chi connectivity index (χ3v) is 6.54. The summed E-state index contributed by atoms with van der Waals surface area (Å²) in [6.07, 6.45) is 4.72. The number of hydrogen-bond donors (Lipinski definition) is 1. The molecule has 1 aliphatic heterocycles. The molecule has 1 aliphatic carbocycles. The van der Waals surface area contributed by atoms with E-state index < -0.39 is 0 Å². The standard InChI is InChI=1S/C27H25NS/c1-17-14-20(16-21(29)15-17)28-25-11-7-6-10-24(25)27-19(3)23(12-13-26(27)28)22-9-5-4-8-18(22)2/h4-16,26-27,29H,1-3H3. The second-order valence-electron chi connectivity index (χ2n) is 8.19. The molecule has 5 rings (SSSR count). The van der Waals surface area contributed by atoms with Crippen LogP contribution in [0.1, 0.15) is 35.1 Å². The van der Waals surface area contributed by atoms with Gasteiger partial charge in [0.15, 0.2) is 0 Å². The van der Waals surface area contributed by atoms with E-state index in [4.69, 9.17) is 0 Å². The molecule has 0 radical (unpaired) electrons. The van der Waals surface area contributed by atoms with Crippen molar-refractivity contribution in [3.05, 3.63) is 107 Å². The Morgan fingerprint density at radius 3 is 2.41 bits per heavy atom. The summed E-state index contributed by atoms with van der Waals surface area (Å²) in [6, 6.07) is 24.4. The van der Waals surface area contributed by atoms with Crippen LogP contribution in [-0.4, -0.2) is 6.04 Å². The minimum absolute atomic E-state index is 0.287. The quantitative estimate of drug-likeness (QED) is 0.448. The molecule has 0 aromatic heterocycles. The van der Waals surface area contributed by atoms with E-state index in [2.05, 4.69) is 117 Å². The first kappa shape index (κ1) is 18.3. The van der Waals surface area contributed by atoms with Crippen molar-refractivity contribution >= 4 is 29.6 Å². The number of thiol groups is 1. The molecule has 0 fully saturated rings. The maximum absolute atomic E-state index is 4.64. The maximum atomic E-state index is 4.64. The van der Waals surface area contributed by atoms with Gasteiger partial charge in [-0.25, -0.2) is 0 Å². The molecule has 29 heavy (non-hydrogen) atoms. The fourth-order valence-electron chi connectivity index (χ4n) is 5.01. The van der Waals surface area contributed by atoms with Crippen molar-refractivity contribution in [3.63, 3.8) is 0 Å². The number of aryl methyl sites for hydroxylation is 2. The maximum Gasteiger partial charge on any atom is 0.0632 e. The smallest absolute Gasteiger partial charge is 0.0632 e. The molecule has 2 heteroatoms. The molecule has 0 bridgehead atoms. The fraction of sp³-hybridized carbons (Fsp3) is 0.185. The van der Waals surface area contributed by atoms with Gasteiger partial charge in [-0.1, -0.05) is 60.2 Å². The van der Waals surface area contributed by atoms with E-state index in [-0.39, 0.29) is 6.04 Å². The molecule has 0 amide bonds. The predicted octanol–water partition coefficient (Wildman–Crippen LogP) is 7.24. The van der Waals surface area contributed by atoms with E-state index in [0.717, 1.165) is 4.90 Å². The van der Waals surface area contributed by atoms with Crippen molar-refractivity contribution in [2.45, 2.75) is 37.6 Å². The van der Waals surface area contributed by atoms with Crippen LogP contribution in [0.25, 0.3) is 5.57 Å².